The molecule has 3 heterocycles. The topological polar surface area (TPSA) is 154 Å². The van der Waals surface area contributed by atoms with Gasteiger partial charge in [0.15, 0.2) is 11.5 Å². The van der Waals surface area contributed by atoms with E-state index in [0.717, 1.165) is 21.4 Å². The first-order valence-electron chi connectivity index (χ1n) is 11.3. The lowest BCUT2D eigenvalue weighted by Crippen LogP contribution is -2.18. The van der Waals surface area contributed by atoms with Crippen LogP contribution in [0.25, 0.3) is 5.95 Å². The lowest BCUT2D eigenvalue weighted by Gasteiger charge is -2.18. The van der Waals surface area contributed by atoms with Crippen LogP contribution in [0.15, 0.2) is 59.7 Å². The molecule has 1 aliphatic rings. The first kappa shape index (κ1) is 23.2. The molecule has 0 saturated carbocycles. The number of aromatic nitrogens is 5. The zero-order valence-electron chi connectivity index (χ0n) is 19.8. The fraction of sp³-hybridized carbons (Fsp3) is 0.240. The summed E-state index contributed by atoms with van der Waals surface area (Å²) in [4.78, 5) is 24.0. The summed E-state index contributed by atoms with van der Waals surface area (Å²) < 4.78 is 18.2. The van der Waals surface area contributed by atoms with Gasteiger partial charge in [-0.25, -0.2) is 14.8 Å². The van der Waals surface area contributed by atoms with Gasteiger partial charge < -0.3 is 19.9 Å². The highest BCUT2D eigenvalue weighted by atomic mass is 16.6. The van der Waals surface area contributed by atoms with Crippen LogP contribution < -0.4 is 20.9 Å². The zero-order valence-corrected chi connectivity index (χ0v) is 19.8. The Morgan fingerprint density at radius 2 is 2.00 bits per heavy atom. The van der Waals surface area contributed by atoms with Gasteiger partial charge in [0.05, 0.1) is 7.11 Å². The molecule has 2 aromatic heterocycles. The normalized spacial score (nSPS) is 15.2. The minimum absolute atomic E-state index is 0.00185. The van der Waals surface area contributed by atoms with Gasteiger partial charge in [-0.05, 0) is 35.7 Å². The summed E-state index contributed by atoms with van der Waals surface area (Å²) in [6, 6.07) is 13.0. The molecule has 0 amide bonds. The highest BCUT2D eigenvalue weighted by molar-refractivity contribution is 5.94. The van der Waals surface area contributed by atoms with E-state index >= 15 is 0 Å². The lowest BCUT2D eigenvalue weighted by atomic mass is 9.89. The van der Waals surface area contributed by atoms with Crippen molar-refractivity contribution >= 4 is 5.84 Å². The number of amidine groups is 1. The van der Waals surface area contributed by atoms with Crippen LogP contribution in [0.3, 0.4) is 0 Å². The van der Waals surface area contributed by atoms with Crippen molar-refractivity contribution in [2.75, 3.05) is 20.8 Å². The van der Waals surface area contributed by atoms with Gasteiger partial charge in [-0.2, -0.15) is 0 Å². The Kier molecular flexibility index (Phi) is 6.21. The molecule has 11 heteroatoms. The number of methoxy groups -OCH3 is 2. The number of H-pyrrole nitrogens is 1. The number of nitrogens with two attached hydrogens (primary N) is 1. The Labute approximate surface area is 206 Å². The third-order valence-corrected chi connectivity index (χ3v) is 6.15. The van der Waals surface area contributed by atoms with Crippen LogP contribution in [0.4, 0.5) is 0 Å². The van der Waals surface area contributed by atoms with E-state index in [0.29, 0.717) is 35.9 Å². The van der Waals surface area contributed by atoms with Crippen molar-refractivity contribution in [3.05, 3.63) is 93.4 Å². The van der Waals surface area contributed by atoms with Gasteiger partial charge in [-0.15, -0.1) is 9.78 Å². The second kappa shape index (κ2) is 9.62. The molecule has 0 fully saturated rings. The number of hydrogen-bond acceptors (Lipinski definition) is 8. The highest BCUT2D eigenvalue weighted by Crippen LogP contribution is 2.44. The van der Waals surface area contributed by atoms with Crippen molar-refractivity contribution in [2.45, 2.75) is 18.4 Å². The van der Waals surface area contributed by atoms with Crippen molar-refractivity contribution in [2.24, 2.45) is 5.73 Å². The number of nitrogens with zero attached hydrogens (tertiary/aromatic N) is 4. The third kappa shape index (κ3) is 4.31. The van der Waals surface area contributed by atoms with Crippen LogP contribution in [0.2, 0.25) is 0 Å². The number of nitrogen functional groups attached to an aromatic ring is 1. The molecule has 0 bridgehead atoms. The third-order valence-electron chi connectivity index (χ3n) is 6.15. The number of ether oxygens (including phenoxy) is 3. The van der Waals surface area contributed by atoms with Crippen molar-refractivity contribution in [1.82, 2.24) is 24.7 Å². The summed E-state index contributed by atoms with van der Waals surface area (Å²) in [5, 5.41) is 12.2. The minimum atomic E-state index is -0.445. The molecule has 4 aromatic rings. The minimum Gasteiger partial charge on any atom is -0.493 e. The van der Waals surface area contributed by atoms with Gasteiger partial charge in [0, 0.05) is 36.5 Å². The molecule has 11 nitrogen and oxygen atoms in total. The Bertz CT molecular complexity index is 1450. The van der Waals surface area contributed by atoms with E-state index in [1.54, 1.807) is 44.8 Å². The molecule has 2 aromatic carbocycles. The maximum atomic E-state index is 12.8. The van der Waals surface area contributed by atoms with Crippen molar-refractivity contribution in [1.29, 1.82) is 5.41 Å². The summed E-state index contributed by atoms with van der Waals surface area (Å²) in [5.74, 6) is 1.48. The van der Waals surface area contributed by atoms with Crippen LogP contribution in [-0.4, -0.2) is 51.4 Å². The van der Waals surface area contributed by atoms with E-state index in [9.17, 15) is 4.79 Å². The summed E-state index contributed by atoms with van der Waals surface area (Å²) in [5.41, 5.74) is 8.51. The van der Waals surface area contributed by atoms with Crippen LogP contribution in [0.1, 0.15) is 40.1 Å². The molecule has 184 valence electrons. The van der Waals surface area contributed by atoms with Crippen LogP contribution in [0, 0.1) is 5.41 Å². The Morgan fingerprint density at radius 1 is 1.25 bits per heavy atom. The molecule has 1 aliphatic heterocycles. The second-order valence-corrected chi connectivity index (χ2v) is 8.32. The van der Waals surface area contributed by atoms with Gasteiger partial charge in [-0.3, -0.25) is 10.4 Å². The Balaban J connectivity index is 1.62. The monoisotopic (exact) mass is 487 g/mol. The molecule has 0 radical (unpaired) electrons. The van der Waals surface area contributed by atoms with E-state index in [1.807, 2.05) is 24.3 Å². The molecule has 0 aliphatic carbocycles. The summed E-state index contributed by atoms with van der Waals surface area (Å²) >= 11 is 0. The molecule has 2 atom stereocenters. The largest absolute Gasteiger partial charge is 0.493 e. The quantitative estimate of drug-likeness (QED) is 0.252. The number of hydrogen-bond donors (Lipinski definition) is 3. The van der Waals surface area contributed by atoms with E-state index in [4.69, 9.17) is 25.4 Å². The van der Waals surface area contributed by atoms with E-state index in [1.165, 1.54) is 0 Å². The summed E-state index contributed by atoms with van der Waals surface area (Å²) in [6.45, 7) is 0.389. The number of aromatic amines is 1. The van der Waals surface area contributed by atoms with Gasteiger partial charge in [0.25, 0.3) is 5.95 Å². The molecule has 5 rings (SSSR count). The van der Waals surface area contributed by atoms with E-state index in [2.05, 4.69) is 20.1 Å². The molecule has 0 spiro atoms. The van der Waals surface area contributed by atoms with Gasteiger partial charge in [0.2, 0.25) is 0 Å². The summed E-state index contributed by atoms with van der Waals surface area (Å²) in [6.07, 6.45) is 3.36. The van der Waals surface area contributed by atoms with Crippen LogP contribution >= 0.6 is 0 Å². The van der Waals surface area contributed by atoms with E-state index in [-0.39, 0.29) is 23.8 Å². The standard InChI is InChI=1S/C25H25N7O4/c1-34-19-12-16(11-18-20(35-2)13-36-21(18)19)17(10-14-4-6-15(7-5-14)22(26)27)23-30-25(33)32(31-23)24-28-8-3-9-29-24/h3-9,11-12,17,20H,10,13H2,1-2H3,(H3,26,27)(H,30,31,33). The number of rotatable bonds is 8. The maximum Gasteiger partial charge on any atom is 0.350 e. The molecular weight excluding hydrogens is 462 g/mol. The first-order chi connectivity index (χ1) is 17.5. The van der Waals surface area contributed by atoms with Crippen molar-refractivity contribution in [3.8, 4) is 17.4 Å². The molecule has 36 heavy (non-hydrogen) atoms. The van der Waals surface area contributed by atoms with Crippen LogP contribution in [-0.2, 0) is 11.2 Å². The smallest absolute Gasteiger partial charge is 0.350 e. The van der Waals surface area contributed by atoms with E-state index < -0.39 is 5.69 Å². The first-order valence-corrected chi connectivity index (χ1v) is 11.3. The fourth-order valence-corrected chi connectivity index (χ4v) is 4.30. The lowest BCUT2D eigenvalue weighted by molar-refractivity contribution is 0.0814. The number of fused-ring (bicyclic) bond motifs is 1. The molecule has 4 N–H and O–H groups in total. The van der Waals surface area contributed by atoms with Crippen LogP contribution in [0.5, 0.6) is 11.5 Å². The molecule has 0 saturated heterocycles. The van der Waals surface area contributed by atoms with Crippen molar-refractivity contribution < 1.29 is 14.2 Å². The predicted octanol–water partition coefficient (Wildman–Crippen LogP) is 2.10. The Hall–Kier alpha value is -4.51. The maximum absolute atomic E-state index is 12.8. The van der Waals surface area contributed by atoms with Gasteiger partial charge >= 0.3 is 5.69 Å². The SMILES string of the molecule is COc1cc(C(Cc2ccc(C(=N)N)cc2)c2nn(-c3ncccn3)c(=O)[nH]2)cc2c1OCC2OC. The van der Waals surface area contributed by atoms with Gasteiger partial charge in [0.1, 0.15) is 24.4 Å². The number of benzene rings is 2. The fourth-order valence-electron chi connectivity index (χ4n) is 4.30. The molecule has 2 unspecified atom stereocenters. The average Bonchev–Trinajstić information content (AvgIpc) is 3.50. The van der Waals surface area contributed by atoms with Crippen molar-refractivity contribution in [3.63, 3.8) is 0 Å². The Morgan fingerprint density at radius 3 is 2.67 bits per heavy atom. The molecular formula is C25H25N7O4. The zero-order chi connectivity index (χ0) is 25.2. The predicted molar refractivity (Wildman–Crippen MR) is 131 cm³/mol. The summed E-state index contributed by atoms with van der Waals surface area (Å²) in [7, 11) is 3.22. The second-order valence-electron chi connectivity index (χ2n) is 8.32. The average molecular weight is 488 g/mol. The van der Waals surface area contributed by atoms with Gasteiger partial charge in [-0.1, -0.05) is 24.3 Å². The number of nitrogens with one attached hydrogen (secondary N) is 2. The highest BCUT2D eigenvalue weighted by Gasteiger charge is 2.31.